The number of hydrogen-bond donors (Lipinski definition) is 1. The molecular weight excluding hydrogens is 286 g/mol. The molecule has 0 aliphatic heterocycles. The summed E-state index contributed by atoms with van der Waals surface area (Å²) in [4.78, 5) is 16.3. The summed E-state index contributed by atoms with van der Waals surface area (Å²) in [5.74, 6) is 0.0936. The summed E-state index contributed by atoms with van der Waals surface area (Å²) in [6.45, 7) is 4.01. The summed E-state index contributed by atoms with van der Waals surface area (Å²) in [6.07, 6.45) is 4.37. The van der Waals surface area contributed by atoms with Crippen LogP contribution in [0.25, 0.3) is 0 Å². The van der Waals surface area contributed by atoms with Crippen molar-refractivity contribution >= 4 is 17.5 Å². The number of carbonyl (C=O) groups is 1. The van der Waals surface area contributed by atoms with Crippen LogP contribution >= 0.6 is 11.6 Å². The van der Waals surface area contributed by atoms with Gasteiger partial charge in [0, 0.05) is 6.20 Å². The van der Waals surface area contributed by atoms with Crippen LogP contribution < -0.4 is 5.32 Å². The van der Waals surface area contributed by atoms with Crippen LogP contribution in [-0.2, 0) is 11.2 Å². The fourth-order valence-corrected chi connectivity index (χ4v) is 2.37. The van der Waals surface area contributed by atoms with Crippen molar-refractivity contribution < 1.29 is 4.79 Å². The fraction of sp³-hybridized carbons (Fsp3) is 0.312. The summed E-state index contributed by atoms with van der Waals surface area (Å²) < 4.78 is 0. The number of hydrogen-bond acceptors (Lipinski definition) is 3. The third kappa shape index (κ3) is 3.50. The van der Waals surface area contributed by atoms with E-state index in [0.717, 1.165) is 12.0 Å². The number of allylic oxidation sites excluding steroid dienone is 3. The molecule has 2 rings (SSSR count). The van der Waals surface area contributed by atoms with Gasteiger partial charge in [-0.2, -0.15) is 5.26 Å². The molecule has 0 saturated heterocycles. The van der Waals surface area contributed by atoms with Crippen LogP contribution in [0, 0.1) is 17.2 Å². The maximum Gasteiger partial charge on any atom is 0.230 e. The Bertz CT molecular complexity index is 670. The van der Waals surface area contributed by atoms with Gasteiger partial charge >= 0.3 is 0 Å². The van der Waals surface area contributed by atoms with Crippen LogP contribution in [0.2, 0.25) is 5.02 Å². The molecule has 1 aliphatic rings. The van der Waals surface area contributed by atoms with Gasteiger partial charge in [-0.05, 0) is 37.0 Å². The Balaban J connectivity index is 2.15. The fourth-order valence-electron chi connectivity index (χ4n) is 2.18. The van der Waals surface area contributed by atoms with Crippen molar-refractivity contribution in [2.45, 2.75) is 26.7 Å². The highest BCUT2D eigenvalue weighted by Crippen LogP contribution is 2.27. The first-order valence-electron chi connectivity index (χ1n) is 6.73. The van der Waals surface area contributed by atoms with Gasteiger partial charge in [0.1, 0.15) is 6.07 Å². The highest BCUT2D eigenvalue weighted by atomic mass is 35.5. The van der Waals surface area contributed by atoms with Crippen LogP contribution in [0.5, 0.6) is 0 Å². The van der Waals surface area contributed by atoms with Crippen LogP contribution in [-0.4, -0.2) is 10.9 Å². The number of aromatic nitrogens is 1. The van der Waals surface area contributed by atoms with Gasteiger partial charge in [-0.3, -0.25) is 9.78 Å². The van der Waals surface area contributed by atoms with Gasteiger partial charge in [0.2, 0.25) is 5.91 Å². The molecule has 0 unspecified atom stereocenters. The molecule has 0 fully saturated rings. The Morgan fingerprint density at radius 2 is 2.38 bits per heavy atom. The Labute approximate surface area is 129 Å². The van der Waals surface area contributed by atoms with Crippen molar-refractivity contribution in [2.75, 3.05) is 0 Å². The van der Waals surface area contributed by atoms with E-state index < -0.39 is 0 Å². The number of nitrogens with zero attached hydrogens (tertiary/aromatic N) is 2. The van der Waals surface area contributed by atoms with E-state index in [-0.39, 0.29) is 12.3 Å². The number of carbonyl (C=O) groups excluding carboxylic acids is 1. The molecule has 0 radical (unpaired) electrons. The molecule has 21 heavy (non-hydrogen) atoms. The molecule has 5 heteroatoms. The maximum absolute atomic E-state index is 12.2. The van der Waals surface area contributed by atoms with Crippen molar-refractivity contribution in [3.05, 3.63) is 52.0 Å². The van der Waals surface area contributed by atoms with E-state index in [0.29, 0.717) is 27.9 Å². The van der Waals surface area contributed by atoms with Gasteiger partial charge in [-0.1, -0.05) is 24.6 Å². The van der Waals surface area contributed by atoms with Gasteiger partial charge in [-0.15, -0.1) is 0 Å². The lowest BCUT2D eigenvalue weighted by Gasteiger charge is -2.22. The molecule has 1 N–H and O–H groups in total. The molecule has 1 atom stereocenters. The Kier molecular flexibility index (Phi) is 4.77. The van der Waals surface area contributed by atoms with Crippen LogP contribution in [0.15, 0.2) is 41.2 Å². The zero-order valence-corrected chi connectivity index (χ0v) is 12.7. The molecule has 1 heterocycles. The minimum Gasteiger partial charge on any atom is -0.325 e. The zero-order valence-electron chi connectivity index (χ0n) is 12.0. The molecule has 0 bridgehead atoms. The van der Waals surface area contributed by atoms with Gasteiger partial charge in [0.25, 0.3) is 0 Å². The largest absolute Gasteiger partial charge is 0.325 e. The molecule has 1 aromatic heterocycles. The predicted octanol–water partition coefficient (Wildman–Crippen LogP) is 3.16. The van der Waals surface area contributed by atoms with Crippen molar-refractivity contribution in [3.8, 4) is 6.07 Å². The number of rotatable bonds is 3. The maximum atomic E-state index is 12.2. The van der Waals surface area contributed by atoms with Crippen molar-refractivity contribution in [3.63, 3.8) is 0 Å². The number of nitriles is 1. The summed E-state index contributed by atoms with van der Waals surface area (Å²) >= 11 is 6.00. The quantitative estimate of drug-likeness (QED) is 0.932. The summed E-state index contributed by atoms with van der Waals surface area (Å²) in [5.41, 5.74) is 2.69. The van der Waals surface area contributed by atoms with E-state index in [9.17, 15) is 10.1 Å². The van der Waals surface area contributed by atoms with Crippen molar-refractivity contribution in [1.29, 1.82) is 5.26 Å². The Hall–Kier alpha value is -2.12. The Morgan fingerprint density at radius 1 is 1.62 bits per heavy atom. The minimum absolute atomic E-state index is 0.0868. The Morgan fingerprint density at radius 3 is 3.05 bits per heavy atom. The lowest BCUT2D eigenvalue weighted by atomic mass is 9.88. The lowest BCUT2D eigenvalue weighted by Crippen LogP contribution is -2.28. The van der Waals surface area contributed by atoms with Gasteiger partial charge < -0.3 is 5.32 Å². The third-order valence-electron chi connectivity index (χ3n) is 3.63. The second-order valence-corrected chi connectivity index (χ2v) is 5.49. The van der Waals surface area contributed by atoms with Crippen LogP contribution in [0.4, 0.5) is 0 Å². The first kappa shape index (κ1) is 15.3. The first-order chi connectivity index (χ1) is 10.0. The molecule has 0 spiro atoms. The topological polar surface area (TPSA) is 65.8 Å². The highest BCUT2D eigenvalue weighted by molar-refractivity contribution is 6.31. The molecule has 1 amide bonds. The minimum atomic E-state index is -0.222. The van der Waals surface area contributed by atoms with Gasteiger partial charge in [0.15, 0.2) is 0 Å². The van der Waals surface area contributed by atoms with Gasteiger partial charge in [0.05, 0.1) is 28.4 Å². The second-order valence-electron chi connectivity index (χ2n) is 5.08. The number of pyridine rings is 1. The van der Waals surface area contributed by atoms with E-state index in [1.54, 1.807) is 18.3 Å². The first-order valence-corrected chi connectivity index (χ1v) is 7.11. The average Bonchev–Trinajstić information content (AvgIpc) is 2.47. The number of halogens is 1. The smallest absolute Gasteiger partial charge is 0.230 e. The second kappa shape index (κ2) is 6.55. The van der Waals surface area contributed by atoms with Gasteiger partial charge in [-0.25, -0.2) is 0 Å². The third-order valence-corrected chi connectivity index (χ3v) is 3.97. The SMILES string of the molecule is CC1=C(NC(=O)Cc2ncccc2Cl)C(C#N)=CC[C@H]1C. The molecular formula is C16H16ClN3O. The molecule has 1 aliphatic carbocycles. The molecule has 0 saturated carbocycles. The molecule has 4 nitrogen and oxygen atoms in total. The molecule has 108 valence electrons. The summed E-state index contributed by atoms with van der Waals surface area (Å²) in [6, 6.07) is 5.55. The summed E-state index contributed by atoms with van der Waals surface area (Å²) in [5, 5.41) is 12.5. The standard InChI is InChI=1S/C16H16ClN3O/c1-10-5-6-12(9-18)16(11(10)2)20-15(21)8-14-13(17)4-3-7-19-14/h3-4,6-7,10H,5,8H2,1-2H3,(H,20,21)/t10-/m1/s1. The van der Waals surface area contributed by atoms with E-state index in [4.69, 9.17) is 11.6 Å². The highest BCUT2D eigenvalue weighted by Gasteiger charge is 2.20. The van der Waals surface area contributed by atoms with E-state index in [1.807, 2.05) is 13.0 Å². The van der Waals surface area contributed by atoms with E-state index in [1.165, 1.54) is 0 Å². The predicted molar refractivity (Wildman–Crippen MR) is 81.3 cm³/mol. The summed E-state index contributed by atoms with van der Waals surface area (Å²) in [7, 11) is 0. The normalized spacial score (nSPS) is 18.0. The lowest BCUT2D eigenvalue weighted by molar-refractivity contribution is -0.119. The van der Waals surface area contributed by atoms with Crippen molar-refractivity contribution in [2.24, 2.45) is 5.92 Å². The van der Waals surface area contributed by atoms with Crippen LogP contribution in [0.1, 0.15) is 26.0 Å². The van der Waals surface area contributed by atoms with Crippen LogP contribution in [0.3, 0.4) is 0 Å². The molecule has 0 aromatic carbocycles. The number of nitrogens with one attached hydrogen (secondary N) is 1. The monoisotopic (exact) mass is 301 g/mol. The van der Waals surface area contributed by atoms with E-state index in [2.05, 4.69) is 23.3 Å². The van der Waals surface area contributed by atoms with Crippen molar-refractivity contribution in [1.82, 2.24) is 10.3 Å². The molecule has 1 aromatic rings. The number of amides is 1. The van der Waals surface area contributed by atoms with E-state index >= 15 is 0 Å². The zero-order chi connectivity index (χ0) is 15.4. The average molecular weight is 302 g/mol.